The van der Waals surface area contributed by atoms with Crippen LogP contribution in [0.1, 0.15) is 19.5 Å². The van der Waals surface area contributed by atoms with Crippen LogP contribution in [0.5, 0.6) is 0 Å². The molecule has 0 atom stereocenters. The minimum atomic E-state index is -0.0284. The number of carbonyl (C=O) groups is 1. The second kappa shape index (κ2) is 6.23. The van der Waals surface area contributed by atoms with Gasteiger partial charge in [-0.1, -0.05) is 6.07 Å². The zero-order valence-corrected chi connectivity index (χ0v) is 10.0. The third kappa shape index (κ3) is 4.40. The molecule has 4 heteroatoms. The maximum Gasteiger partial charge on any atom is 0.248 e. The molecule has 0 aliphatic rings. The van der Waals surface area contributed by atoms with E-state index in [4.69, 9.17) is 4.74 Å². The molecule has 0 fully saturated rings. The van der Waals surface area contributed by atoms with Crippen molar-refractivity contribution in [1.82, 2.24) is 9.88 Å². The summed E-state index contributed by atoms with van der Waals surface area (Å²) in [5.74, 6) is -0.0284. The van der Waals surface area contributed by atoms with Crippen molar-refractivity contribution in [1.29, 1.82) is 0 Å². The van der Waals surface area contributed by atoms with Gasteiger partial charge in [-0.3, -0.25) is 9.78 Å². The average Bonchev–Trinajstić information content (AvgIpc) is 2.27. The first kappa shape index (κ1) is 12.6. The van der Waals surface area contributed by atoms with Crippen LogP contribution in [-0.2, 0) is 16.1 Å². The van der Waals surface area contributed by atoms with Crippen LogP contribution >= 0.6 is 0 Å². The van der Waals surface area contributed by atoms with Gasteiger partial charge in [-0.25, -0.2) is 0 Å². The lowest BCUT2D eigenvalue weighted by molar-refractivity contribution is -0.136. The van der Waals surface area contributed by atoms with Gasteiger partial charge in [-0.05, 0) is 26.0 Å². The largest absolute Gasteiger partial charge is 0.369 e. The summed E-state index contributed by atoms with van der Waals surface area (Å²) in [6, 6.07) is 5.66. The standard InChI is InChI=1S/C12H18N2O2/c1-10(2)16-9-12(15)14(3)8-11-6-4-5-7-13-11/h4-7,10H,8-9H2,1-3H3. The third-order valence-corrected chi connectivity index (χ3v) is 2.09. The molecular weight excluding hydrogens is 204 g/mol. The highest BCUT2D eigenvalue weighted by Gasteiger charge is 2.10. The lowest BCUT2D eigenvalue weighted by atomic mass is 10.3. The number of hydrogen-bond acceptors (Lipinski definition) is 3. The summed E-state index contributed by atoms with van der Waals surface area (Å²) in [6.45, 7) is 4.46. The van der Waals surface area contributed by atoms with Gasteiger partial charge in [0.2, 0.25) is 5.91 Å². The molecule has 1 aromatic heterocycles. The first-order chi connectivity index (χ1) is 7.59. The van der Waals surface area contributed by atoms with Crippen LogP contribution in [0.4, 0.5) is 0 Å². The second-order valence-corrected chi connectivity index (χ2v) is 3.93. The van der Waals surface area contributed by atoms with Gasteiger partial charge in [0.05, 0.1) is 18.3 Å². The van der Waals surface area contributed by atoms with Gasteiger partial charge in [-0.15, -0.1) is 0 Å². The average molecular weight is 222 g/mol. The summed E-state index contributed by atoms with van der Waals surface area (Å²) < 4.78 is 5.25. The summed E-state index contributed by atoms with van der Waals surface area (Å²) in [6.07, 6.45) is 1.80. The third-order valence-electron chi connectivity index (χ3n) is 2.09. The number of amides is 1. The highest BCUT2D eigenvalue weighted by Crippen LogP contribution is 2.00. The fourth-order valence-electron chi connectivity index (χ4n) is 1.17. The van der Waals surface area contributed by atoms with E-state index in [2.05, 4.69) is 4.98 Å². The number of pyridine rings is 1. The minimum Gasteiger partial charge on any atom is -0.369 e. The molecule has 16 heavy (non-hydrogen) atoms. The van der Waals surface area contributed by atoms with Gasteiger partial charge in [0.25, 0.3) is 0 Å². The number of likely N-dealkylation sites (N-methyl/N-ethyl adjacent to an activating group) is 1. The van der Waals surface area contributed by atoms with E-state index >= 15 is 0 Å². The lowest BCUT2D eigenvalue weighted by Crippen LogP contribution is -2.31. The highest BCUT2D eigenvalue weighted by molar-refractivity contribution is 5.77. The van der Waals surface area contributed by atoms with E-state index in [0.717, 1.165) is 5.69 Å². The van der Waals surface area contributed by atoms with Crippen LogP contribution in [0.3, 0.4) is 0 Å². The van der Waals surface area contributed by atoms with E-state index < -0.39 is 0 Å². The number of carbonyl (C=O) groups excluding carboxylic acids is 1. The van der Waals surface area contributed by atoms with E-state index in [1.165, 1.54) is 0 Å². The quantitative estimate of drug-likeness (QED) is 0.757. The van der Waals surface area contributed by atoms with Gasteiger partial charge >= 0.3 is 0 Å². The number of hydrogen-bond donors (Lipinski definition) is 0. The topological polar surface area (TPSA) is 42.4 Å². The van der Waals surface area contributed by atoms with E-state index in [9.17, 15) is 4.79 Å². The molecular formula is C12H18N2O2. The SMILES string of the molecule is CC(C)OCC(=O)N(C)Cc1ccccn1. The summed E-state index contributed by atoms with van der Waals surface area (Å²) >= 11 is 0. The molecule has 0 N–H and O–H groups in total. The Bertz CT molecular complexity index is 325. The zero-order valence-electron chi connectivity index (χ0n) is 10.0. The van der Waals surface area contributed by atoms with E-state index in [0.29, 0.717) is 6.54 Å². The van der Waals surface area contributed by atoms with E-state index in [1.807, 2.05) is 32.0 Å². The molecule has 1 amide bonds. The molecule has 0 aliphatic heterocycles. The Morgan fingerprint density at radius 3 is 2.81 bits per heavy atom. The van der Waals surface area contributed by atoms with Crippen LogP contribution in [0.2, 0.25) is 0 Å². The molecule has 1 heterocycles. The Morgan fingerprint density at radius 2 is 2.25 bits per heavy atom. The molecule has 1 aromatic rings. The molecule has 0 aliphatic carbocycles. The molecule has 0 saturated carbocycles. The number of ether oxygens (including phenoxy) is 1. The molecule has 0 bridgehead atoms. The van der Waals surface area contributed by atoms with Crippen LogP contribution in [-0.4, -0.2) is 35.5 Å². The fourth-order valence-corrected chi connectivity index (χ4v) is 1.17. The Morgan fingerprint density at radius 1 is 1.50 bits per heavy atom. The van der Waals surface area contributed by atoms with Crippen molar-refractivity contribution in [2.75, 3.05) is 13.7 Å². The first-order valence-electron chi connectivity index (χ1n) is 5.35. The second-order valence-electron chi connectivity index (χ2n) is 3.93. The predicted octanol–water partition coefficient (Wildman–Crippen LogP) is 1.46. The highest BCUT2D eigenvalue weighted by atomic mass is 16.5. The van der Waals surface area contributed by atoms with Gasteiger partial charge in [0.1, 0.15) is 6.61 Å². The Labute approximate surface area is 96.2 Å². The van der Waals surface area contributed by atoms with Gasteiger partial charge in [0, 0.05) is 13.2 Å². The van der Waals surface area contributed by atoms with Crippen molar-refractivity contribution >= 4 is 5.91 Å². The van der Waals surface area contributed by atoms with Crippen LogP contribution in [0.25, 0.3) is 0 Å². The van der Waals surface area contributed by atoms with Crippen LogP contribution in [0.15, 0.2) is 24.4 Å². The Kier molecular flexibility index (Phi) is 4.92. The Balaban J connectivity index is 2.40. The maximum atomic E-state index is 11.6. The molecule has 1 rings (SSSR count). The normalized spacial score (nSPS) is 10.5. The van der Waals surface area contributed by atoms with Crippen molar-refractivity contribution in [2.24, 2.45) is 0 Å². The summed E-state index contributed by atoms with van der Waals surface area (Å²) in [5.41, 5.74) is 0.878. The molecule has 0 radical (unpaired) electrons. The number of rotatable bonds is 5. The summed E-state index contributed by atoms with van der Waals surface area (Å²) in [5, 5.41) is 0. The molecule has 0 saturated heterocycles. The van der Waals surface area contributed by atoms with Gasteiger partial charge in [-0.2, -0.15) is 0 Å². The summed E-state index contributed by atoms with van der Waals surface area (Å²) in [7, 11) is 1.75. The fraction of sp³-hybridized carbons (Fsp3) is 0.500. The zero-order chi connectivity index (χ0) is 12.0. The molecule has 0 spiro atoms. The number of aromatic nitrogens is 1. The lowest BCUT2D eigenvalue weighted by Gasteiger charge is -2.17. The van der Waals surface area contributed by atoms with Crippen LogP contribution in [0, 0.1) is 0 Å². The molecule has 88 valence electrons. The van der Waals surface area contributed by atoms with Gasteiger partial charge < -0.3 is 9.64 Å². The first-order valence-corrected chi connectivity index (χ1v) is 5.35. The molecule has 0 unspecified atom stereocenters. The van der Waals surface area contributed by atoms with E-state index in [-0.39, 0.29) is 18.6 Å². The van der Waals surface area contributed by atoms with Crippen molar-refractivity contribution in [3.8, 4) is 0 Å². The van der Waals surface area contributed by atoms with Crippen molar-refractivity contribution < 1.29 is 9.53 Å². The van der Waals surface area contributed by atoms with Crippen molar-refractivity contribution in [3.05, 3.63) is 30.1 Å². The maximum absolute atomic E-state index is 11.6. The number of nitrogens with zero attached hydrogens (tertiary/aromatic N) is 2. The minimum absolute atomic E-state index is 0.0284. The summed E-state index contributed by atoms with van der Waals surface area (Å²) in [4.78, 5) is 17.4. The molecule has 0 aromatic carbocycles. The Hall–Kier alpha value is -1.42. The predicted molar refractivity (Wildman–Crippen MR) is 61.8 cm³/mol. The van der Waals surface area contributed by atoms with Crippen LogP contribution < -0.4 is 0 Å². The van der Waals surface area contributed by atoms with Gasteiger partial charge in [0.15, 0.2) is 0 Å². The van der Waals surface area contributed by atoms with Crippen molar-refractivity contribution in [3.63, 3.8) is 0 Å². The molecule has 4 nitrogen and oxygen atoms in total. The van der Waals surface area contributed by atoms with Crippen molar-refractivity contribution in [2.45, 2.75) is 26.5 Å². The van der Waals surface area contributed by atoms with E-state index in [1.54, 1.807) is 18.1 Å². The monoisotopic (exact) mass is 222 g/mol. The smallest absolute Gasteiger partial charge is 0.248 e.